The Morgan fingerprint density at radius 3 is 2.82 bits per heavy atom. The summed E-state index contributed by atoms with van der Waals surface area (Å²) in [6, 6.07) is 9.95. The van der Waals surface area contributed by atoms with Gasteiger partial charge < -0.3 is 9.84 Å². The second-order valence-corrected chi connectivity index (χ2v) is 6.16. The van der Waals surface area contributed by atoms with Crippen molar-refractivity contribution in [1.82, 2.24) is 5.32 Å². The number of aliphatic carboxylic acids is 1. The number of carboxylic acid groups (broad SMARTS) is 1. The van der Waals surface area contributed by atoms with E-state index >= 15 is 0 Å². The van der Waals surface area contributed by atoms with Gasteiger partial charge in [-0.2, -0.15) is 0 Å². The summed E-state index contributed by atoms with van der Waals surface area (Å²) in [5.41, 5.74) is 0.130. The number of hydrogen-bond acceptors (Lipinski definition) is 3. The molecule has 0 aliphatic heterocycles. The lowest BCUT2D eigenvalue weighted by Gasteiger charge is -2.35. The number of benzene rings is 1. The van der Waals surface area contributed by atoms with Crippen LogP contribution in [0.5, 0.6) is 0 Å². The summed E-state index contributed by atoms with van der Waals surface area (Å²) >= 11 is 0. The first kappa shape index (κ1) is 17.0. The molecule has 0 bridgehead atoms. The lowest BCUT2D eigenvalue weighted by molar-refractivity contribution is -0.151. The molecule has 1 aliphatic carbocycles. The minimum absolute atomic E-state index is 0.0207. The van der Waals surface area contributed by atoms with E-state index in [4.69, 9.17) is 4.74 Å². The van der Waals surface area contributed by atoms with Gasteiger partial charge in [-0.05, 0) is 38.2 Å². The molecule has 1 aromatic rings. The SMILES string of the molecule is CCCCO[C@@H]1CCC[C@@]1(N[C@@H](C)c1ccccc1)C(=O)O. The van der Waals surface area contributed by atoms with Gasteiger partial charge in [0.1, 0.15) is 5.54 Å². The van der Waals surface area contributed by atoms with Crippen molar-refractivity contribution in [2.45, 2.75) is 63.6 Å². The quantitative estimate of drug-likeness (QED) is 0.721. The summed E-state index contributed by atoms with van der Waals surface area (Å²) in [6.07, 6.45) is 4.10. The fourth-order valence-corrected chi connectivity index (χ4v) is 3.25. The van der Waals surface area contributed by atoms with E-state index in [9.17, 15) is 9.90 Å². The lowest BCUT2D eigenvalue weighted by atomic mass is 9.92. The van der Waals surface area contributed by atoms with Crippen LogP contribution in [0.4, 0.5) is 0 Å². The Balaban J connectivity index is 2.12. The average Bonchev–Trinajstić information content (AvgIpc) is 2.92. The molecule has 0 radical (unpaired) electrons. The molecule has 0 heterocycles. The van der Waals surface area contributed by atoms with E-state index in [0.29, 0.717) is 13.0 Å². The third kappa shape index (κ3) is 3.68. The van der Waals surface area contributed by atoms with Crippen LogP contribution in [-0.2, 0) is 9.53 Å². The maximum atomic E-state index is 12.0. The number of carboxylic acids is 1. The summed E-state index contributed by atoms with van der Waals surface area (Å²) < 4.78 is 5.91. The van der Waals surface area contributed by atoms with Crippen LogP contribution < -0.4 is 5.32 Å². The molecule has 0 amide bonds. The van der Waals surface area contributed by atoms with Crippen molar-refractivity contribution >= 4 is 5.97 Å². The summed E-state index contributed by atoms with van der Waals surface area (Å²) in [5.74, 6) is -0.797. The molecular weight excluding hydrogens is 278 g/mol. The number of ether oxygens (including phenoxy) is 1. The molecule has 0 aromatic heterocycles. The second kappa shape index (κ2) is 7.75. The molecule has 2 N–H and O–H groups in total. The number of nitrogens with one attached hydrogen (secondary N) is 1. The van der Waals surface area contributed by atoms with Crippen LogP contribution in [0.25, 0.3) is 0 Å². The maximum Gasteiger partial charge on any atom is 0.326 e. The molecule has 4 nitrogen and oxygen atoms in total. The Morgan fingerprint density at radius 2 is 2.18 bits per heavy atom. The van der Waals surface area contributed by atoms with Crippen LogP contribution >= 0.6 is 0 Å². The third-order valence-corrected chi connectivity index (χ3v) is 4.56. The largest absolute Gasteiger partial charge is 0.480 e. The first-order valence-corrected chi connectivity index (χ1v) is 8.28. The molecule has 1 aromatic carbocycles. The molecule has 0 unspecified atom stereocenters. The third-order valence-electron chi connectivity index (χ3n) is 4.56. The predicted octanol–water partition coefficient (Wildman–Crippen LogP) is 3.53. The molecule has 2 rings (SSSR count). The van der Waals surface area contributed by atoms with Crippen molar-refractivity contribution in [3.8, 4) is 0 Å². The molecule has 22 heavy (non-hydrogen) atoms. The maximum absolute atomic E-state index is 12.0. The van der Waals surface area contributed by atoms with Gasteiger partial charge in [0.05, 0.1) is 6.10 Å². The van der Waals surface area contributed by atoms with Crippen molar-refractivity contribution in [2.24, 2.45) is 0 Å². The van der Waals surface area contributed by atoms with Gasteiger partial charge in [-0.25, -0.2) is 0 Å². The molecule has 3 atom stereocenters. The first-order chi connectivity index (χ1) is 10.6. The molecule has 0 saturated heterocycles. The Bertz CT molecular complexity index is 476. The van der Waals surface area contributed by atoms with Crippen LogP contribution in [0, 0.1) is 0 Å². The first-order valence-electron chi connectivity index (χ1n) is 8.28. The highest BCUT2D eigenvalue weighted by molar-refractivity contribution is 5.80. The van der Waals surface area contributed by atoms with Crippen molar-refractivity contribution in [3.05, 3.63) is 35.9 Å². The van der Waals surface area contributed by atoms with Crippen molar-refractivity contribution < 1.29 is 14.6 Å². The number of rotatable bonds is 8. The number of unbranched alkanes of at least 4 members (excludes halogenated alkanes) is 1. The second-order valence-electron chi connectivity index (χ2n) is 6.16. The summed E-state index contributed by atoms with van der Waals surface area (Å²) in [7, 11) is 0. The van der Waals surface area contributed by atoms with Gasteiger partial charge in [-0.1, -0.05) is 43.7 Å². The zero-order valence-corrected chi connectivity index (χ0v) is 13.5. The summed E-state index contributed by atoms with van der Waals surface area (Å²) in [6.45, 7) is 4.76. The normalized spacial score (nSPS) is 26.0. The smallest absolute Gasteiger partial charge is 0.326 e. The minimum Gasteiger partial charge on any atom is -0.480 e. The Morgan fingerprint density at radius 1 is 1.45 bits per heavy atom. The number of carbonyl (C=O) groups is 1. The zero-order chi connectivity index (χ0) is 16.0. The van der Waals surface area contributed by atoms with Crippen LogP contribution in [0.15, 0.2) is 30.3 Å². The van der Waals surface area contributed by atoms with Crippen LogP contribution in [0.1, 0.15) is 57.6 Å². The molecule has 122 valence electrons. The van der Waals surface area contributed by atoms with Crippen LogP contribution in [0.2, 0.25) is 0 Å². The van der Waals surface area contributed by atoms with Crippen molar-refractivity contribution in [1.29, 1.82) is 0 Å². The highest BCUT2D eigenvalue weighted by atomic mass is 16.5. The molecular formula is C18H27NO3. The van der Waals surface area contributed by atoms with Crippen LogP contribution in [0.3, 0.4) is 0 Å². The highest BCUT2D eigenvalue weighted by Gasteiger charge is 2.50. The van der Waals surface area contributed by atoms with Gasteiger partial charge in [-0.3, -0.25) is 10.1 Å². The lowest BCUT2D eigenvalue weighted by Crippen LogP contribution is -2.58. The van der Waals surface area contributed by atoms with E-state index in [0.717, 1.165) is 31.2 Å². The standard InChI is InChI=1S/C18H27NO3/c1-3-4-13-22-16-11-8-12-18(16,17(20)21)19-14(2)15-9-6-5-7-10-15/h5-7,9-10,14,16,19H,3-4,8,11-13H2,1-2H3,(H,20,21)/t14-,16+,18-/m0/s1. The van der Waals surface area contributed by atoms with E-state index in [2.05, 4.69) is 12.2 Å². The molecule has 1 saturated carbocycles. The van der Waals surface area contributed by atoms with Crippen molar-refractivity contribution in [2.75, 3.05) is 6.61 Å². The van der Waals surface area contributed by atoms with Gasteiger partial charge in [0.15, 0.2) is 0 Å². The summed E-state index contributed by atoms with van der Waals surface area (Å²) in [4.78, 5) is 12.0. The predicted molar refractivity (Wildman–Crippen MR) is 86.9 cm³/mol. The van der Waals surface area contributed by atoms with E-state index < -0.39 is 11.5 Å². The fraction of sp³-hybridized carbons (Fsp3) is 0.611. The fourth-order valence-electron chi connectivity index (χ4n) is 3.25. The minimum atomic E-state index is -0.969. The molecule has 4 heteroatoms. The van der Waals surface area contributed by atoms with Crippen molar-refractivity contribution in [3.63, 3.8) is 0 Å². The van der Waals surface area contributed by atoms with E-state index in [-0.39, 0.29) is 12.1 Å². The van der Waals surface area contributed by atoms with E-state index in [1.165, 1.54) is 0 Å². The molecule has 1 aliphatic rings. The van der Waals surface area contributed by atoms with Gasteiger partial charge in [0.25, 0.3) is 0 Å². The zero-order valence-electron chi connectivity index (χ0n) is 13.5. The Hall–Kier alpha value is -1.39. The van der Waals surface area contributed by atoms with Gasteiger partial charge >= 0.3 is 5.97 Å². The van der Waals surface area contributed by atoms with E-state index in [1.807, 2.05) is 37.3 Å². The average molecular weight is 305 g/mol. The van der Waals surface area contributed by atoms with E-state index in [1.54, 1.807) is 0 Å². The van der Waals surface area contributed by atoms with Gasteiger partial charge in [0, 0.05) is 12.6 Å². The Labute approximate surface area is 132 Å². The highest BCUT2D eigenvalue weighted by Crippen LogP contribution is 2.35. The van der Waals surface area contributed by atoms with Gasteiger partial charge in [0.2, 0.25) is 0 Å². The Kier molecular flexibility index (Phi) is 5.98. The number of hydrogen-bond donors (Lipinski definition) is 2. The van der Waals surface area contributed by atoms with Gasteiger partial charge in [-0.15, -0.1) is 0 Å². The monoisotopic (exact) mass is 305 g/mol. The molecule has 1 fully saturated rings. The summed E-state index contributed by atoms with van der Waals surface area (Å²) in [5, 5.41) is 13.2. The topological polar surface area (TPSA) is 58.6 Å². The van der Waals surface area contributed by atoms with Crippen LogP contribution in [-0.4, -0.2) is 29.3 Å². The molecule has 0 spiro atoms.